The van der Waals surface area contributed by atoms with Gasteiger partial charge in [-0.25, -0.2) is 23.2 Å². The average molecular weight is 321 g/mol. The molecule has 2 heterocycles. The molecule has 10 heteroatoms. The van der Waals surface area contributed by atoms with Crippen molar-refractivity contribution >= 4 is 33.4 Å². The molecular formula is C10H13ClN4O4S. The number of nitrogens with zero attached hydrogens (tertiary/aromatic N) is 3. The van der Waals surface area contributed by atoms with E-state index in [2.05, 4.69) is 15.3 Å². The van der Waals surface area contributed by atoms with Gasteiger partial charge in [0, 0.05) is 19.3 Å². The number of carbonyl (C=O) groups is 1. The minimum atomic E-state index is -3.35. The van der Waals surface area contributed by atoms with Gasteiger partial charge in [0.15, 0.2) is 5.54 Å². The molecule has 0 unspecified atom stereocenters. The van der Waals surface area contributed by atoms with Crippen molar-refractivity contribution in [1.82, 2.24) is 14.3 Å². The van der Waals surface area contributed by atoms with Crippen LogP contribution in [0.4, 0.5) is 5.82 Å². The van der Waals surface area contributed by atoms with E-state index in [0.717, 1.165) is 6.26 Å². The number of methoxy groups -OCH3 is 1. The number of esters is 1. The summed E-state index contributed by atoms with van der Waals surface area (Å²) in [4.78, 5) is 19.5. The Bertz CT molecular complexity index is 630. The third kappa shape index (κ3) is 2.84. The second-order valence-electron chi connectivity index (χ2n) is 4.44. The van der Waals surface area contributed by atoms with Gasteiger partial charge in [0.25, 0.3) is 0 Å². The smallest absolute Gasteiger partial charge is 0.334 e. The summed E-state index contributed by atoms with van der Waals surface area (Å²) in [6.07, 6.45) is 2.51. The molecule has 1 saturated heterocycles. The van der Waals surface area contributed by atoms with Crippen molar-refractivity contribution in [2.45, 2.75) is 5.54 Å². The van der Waals surface area contributed by atoms with Gasteiger partial charge >= 0.3 is 5.97 Å². The highest BCUT2D eigenvalue weighted by molar-refractivity contribution is 7.88. The lowest BCUT2D eigenvalue weighted by atomic mass is 9.92. The molecule has 0 radical (unpaired) electrons. The molecule has 1 aromatic heterocycles. The molecule has 1 N–H and O–H groups in total. The van der Waals surface area contributed by atoms with Crippen molar-refractivity contribution in [2.75, 3.05) is 31.8 Å². The van der Waals surface area contributed by atoms with Crippen LogP contribution in [0.25, 0.3) is 0 Å². The van der Waals surface area contributed by atoms with E-state index >= 15 is 0 Å². The number of halogens is 1. The minimum Gasteiger partial charge on any atom is -0.467 e. The Morgan fingerprint density at radius 1 is 1.55 bits per heavy atom. The fraction of sp³-hybridized carbons (Fsp3) is 0.500. The van der Waals surface area contributed by atoms with Crippen LogP contribution in [0.15, 0.2) is 12.3 Å². The maximum atomic E-state index is 11.9. The Kier molecular flexibility index (Phi) is 3.85. The number of anilines is 1. The first-order chi connectivity index (χ1) is 9.27. The highest BCUT2D eigenvalue weighted by Crippen LogP contribution is 2.28. The van der Waals surface area contributed by atoms with Gasteiger partial charge in [-0.05, 0) is 17.7 Å². The van der Waals surface area contributed by atoms with Crippen molar-refractivity contribution in [2.24, 2.45) is 0 Å². The van der Waals surface area contributed by atoms with Gasteiger partial charge in [0.2, 0.25) is 15.3 Å². The van der Waals surface area contributed by atoms with Crippen molar-refractivity contribution in [3.05, 3.63) is 17.5 Å². The Labute approximate surface area is 121 Å². The van der Waals surface area contributed by atoms with Crippen molar-refractivity contribution in [3.8, 4) is 0 Å². The summed E-state index contributed by atoms with van der Waals surface area (Å²) in [7, 11) is -2.11. The number of sulfonamides is 1. The predicted molar refractivity (Wildman–Crippen MR) is 71.8 cm³/mol. The molecule has 0 aromatic carbocycles. The van der Waals surface area contributed by atoms with E-state index in [4.69, 9.17) is 16.3 Å². The Morgan fingerprint density at radius 2 is 2.20 bits per heavy atom. The summed E-state index contributed by atoms with van der Waals surface area (Å²) < 4.78 is 28.7. The highest BCUT2D eigenvalue weighted by atomic mass is 35.5. The molecule has 0 amide bonds. The first kappa shape index (κ1) is 14.9. The average Bonchev–Trinajstić information content (AvgIpc) is 2.31. The molecule has 8 nitrogen and oxygen atoms in total. The van der Waals surface area contributed by atoms with Gasteiger partial charge in [0.1, 0.15) is 5.82 Å². The predicted octanol–water partition coefficient (Wildman–Crippen LogP) is -0.271. The molecule has 2 rings (SSSR count). The summed E-state index contributed by atoms with van der Waals surface area (Å²) in [5.41, 5.74) is -1.16. The number of aromatic nitrogens is 2. The van der Waals surface area contributed by atoms with Gasteiger partial charge in [-0.15, -0.1) is 0 Å². The summed E-state index contributed by atoms with van der Waals surface area (Å²) in [6.45, 7) is -0.0553. The fourth-order valence-electron chi connectivity index (χ4n) is 1.89. The number of hydrogen-bond donors (Lipinski definition) is 1. The van der Waals surface area contributed by atoms with Gasteiger partial charge in [-0.2, -0.15) is 4.31 Å². The summed E-state index contributed by atoms with van der Waals surface area (Å²) in [5, 5.41) is 2.89. The quantitative estimate of drug-likeness (QED) is 0.602. The maximum Gasteiger partial charge on any atom is 0.334 e. The first-order valence-corrected chi connectivity index (χ1v) is 7.80. The summed E-state index contributed by atoms with van der Waals surface area (Å²) in [6, 6.07) is 1.53. The minimum absolute atomic E-state index is 0.0225. The van der Waals surface area contributed by atoms with Crippen LogP contribution in [0.2, 0.25) is 5.28 Å². The van der Waals surface area contributed by atoms with Crippen LogP contribution in [0, 0.1) is 0 Å². The lowest BCUT2D eigenvalue weighted by molar-refractivity contribution is -0.150. The number of hydrogen-bond acceptors (Lipinski definition) is 7. The van der Waals surface area contributed by atoms with E-state index in [-0.39, 0.29) is 18.4 Å². The number of nitrogens with one attached hydrogen (secondary N) is 1. The van der Waals surface area contributed by atoms with Crippen molar-refractivity contribution in [3.63, 3.8) is 0 Å². The second kappa shape index (κ2) is 5.15. The van der Waals surface area contributed by atoms with E-state index in [0.29, 0.717) is 5.82 Å². The van der Waals surface area contributed by atoms with Crippen LogP contribution in [0.3, 0.4) is 0 Å². The zero-order chi connectivity index (χ0) is 15.0. The first-order valence-electron chi connectivity index (χ1n) is 5.57. The number of ether oxygens (including phenoxy) is 1. The molecule has 20 heavy (non-hydrogen) atoms. The zero-order valence-corrected chi connectivity index (χ0v) is 12.4. The molecule has 1 aromatic rings. The molecule has 0 spiro atoms. The lowest BCUT2D eigenvalue weighted by Crippen LogP contribution is -2.71. The SMILES string of the molecule is COC(=O)C1(Nc2ccnc(Cl)n2)CN(S(C)(=O)=O)C1. The molecule has 110 valence electrons. The second-order valence-corrected chi connectivity index (χ2v) is 6.76. The normalized spacial score (nSPS) is 18.1. The van der Waals surface area contributed by atoms with Crippen LogP contribution in [-0.2, 0) is 19.6 Å². The maximum absolute atomic E-state index is 11.9. The van der Waals surface area contributed by atoms with Gasteiger partial charge in [0.05, 0.1) is 13.4 Å². The molecule has 0 atom stereocenters. The fourth-order valence-corrected chi connectivity index (χ4v) is 2.95. The Morgan fingerprint density at radius 3 is 2.70 bits per heavy atom. The molecule has 0 aliphatic carbocycles. The van der Waals surface area contributed by atoms with Crippen LogP contribution >= 0.6 is 11.6 Å². The zero-order valence-electron chi connectivity index (χ0n) is 10.8. The van der Waals surface area contributed by atoms with Gasteiger partial charge in [-0.1, -0.05) is 0 Å². The van der Waals surface area contributed by atoms with E-state index < -0.39 is 21.5 Å². The standard InChI is InChI=1S/C10H13ClN4O4S/c1-19-8(16)10(5-15(6-10)20(2,17)18)14-7-3-4-12-9(11)13-7/h3-4H,5-6H2,1-2H3,(H,12,13,14). The molecular weight excluding hydrogens is 308 g/mol. The molecule has 1 fully saturated rings. The van der Waals surface area contributed by atoms with E-state index in [1.807, 2.05) is 0 Å². The monoisotopic (exact) mass is 320 g/mol. The third-order valence-corrected chi connectivity index (χ3v) is 4.31. The Hall–Kier alpha value is -1.45. The lowest BCUT2D eigenvalue weighted by Gasteiger charge is -2.46. The highest BCUT2D eigenvalue weighted by Gasteiger charge is 2.54. The Balaban J connectivity index is 2.21. The summed E-state index contributed by atoms with van der Waals surface area (Å²) in [5.74, 6) is -0.240. The van der Waals surface area contributed by atoms with Crippen molar-refractivity contribution in [1.29, 1.82) is 0 Å². The van der Waals surface area contributed by atoms with Crippen molar-refractivity contribution < 1.29 is 17.9 Å². The van der Waals surface area contributed by atoms with Crippen LogP contribution < -0.4 is 5.32 Å². The third-order valence-electron chi connectivity index (χ3n) is 2.93. The number of rotatable bonds is 4. The van der Waals surface area contributed by atoms with E-state index in [1.54, 1.807) is 0 Å². The van der Waals surface area contributed by atoms with E-state index in [1.165, 1.54) is 23.7 Å². The summed E-state index contributed by atoms with van der Waals surface area (Å²) >= 11 is 5.66. The topological polar surface area (TPSA) is 101 Å². The molecule has 0 bridgehead atoms. The largest absolute Gasteiger partial charge is 0.467 e. The molecule has 1 aliphatic rings. The van der Waals surface area contributed by atoms with Gasteiger partial charge in [-0.3, -0.25) is 0 Å². The van der Waals surface area contributed by atoms with Crippen LogP contribution in [0.5, 0.6) is 0 Å². The van der Waals surface area contributed by atoms with Gasteiger partial charge < -0.3 is 10.1 Å². The molecule has 1 aliphatic heterocycles. The van der Waals surface area contributed by atoms with Crippen LogP contribution in [-0.4, -0.2) is 60.7 Å². The number of carbonyl (C=O) groups excluding carboxylic acids is 1. The van der Waals surface area contributed by atoms with E-state index in [9.17, 15) is 13.2 Å². The van der Waals surface area contributed by atoms with Crippen LogP contribution in [0.1, 0.15) is 0 Å². The molecule has 0 saturated carbocycles.